The van der Waals surface area contributed by atoms with Crippen molar-refractivity contribution in [3.63, 3.8) is 0 Å². The van der Waals surface area contributed by atoms with Gasteiger partial charge in [-0.25, -0.2) is 0 Å². The van der Waals surface area contributed by atoms with Crippen molar-refractivity contribution in [2.24, 2.45) is 0 Å². The lowest BCUT2D eigenvalue weighted by atomic mass is 10.00. The third-order valence-electron chi connectivity index (χ3n) is 4.83. The topological polar surface area (TPSA) is 38.8 Å². The van der Waals surface area contributed by atoms with Crippen molar-refractivity contribution in [1.82, 2.24) is 4.90 Å². The summed E-state index contributed by atoms with van der Waals surface area (Å²) in [6.45, 7) is 0.931. The SMILES string of the molecule is COc1ccc(OCC(=O)N2CCCC[C@@H]2CCSc2ccccc2)cc1. The minimum absolute atomic E-state index is 0.0835. The van der Waals surface area contributed by atoms with E-state index >= 15 is 0 Å². The largest absolute Gasteiger partial charge is 0.497 e. The normalized spacial score (nSPS) is 16.8. The van der Waals surface area contributed by atoms with Crippen molar-refractivity contribution in [3.8, 4) is 11.5 Å². The zero-order chi connectivity index (χ0) is 18.9. The van der Waals surface area contributed by atoms with Gasteiger partial charge in [-0.15, -0.1) is 11.8 Å². The van der Waals surface area contributed by atoms with E-state index < -0.39 is 0 Å². The monoisotopic (exact) mass is 385 g/mol. The number of likely N-dealkylation sites (tertiary alicyclic amines) is 1. The molecule has 0 radical (unpaired) electrons. The highest BCUT2D eigenvalue weighted by Crippen LogP contribution is 2.25. The van der Waals surface area contributed by atoms with Gasteiger partial charge in [0.1, 0.15) is 11.5 Å². The zero-order valence-electron chi connectivity index (χ0n) is 15.8. The van der Waals surface area contributed by atoms with Crippen LogP contribution in [0.4, 0.5) is 0 Å². The van der Waals surface area contributed by atoms with E-state index in [4.69, 9.17) is 9.47 Å². The molecule has 1 aliphatic rings. The number of rotatable bonds is 8. The highest BCUT2D eigenvalue weighted by Gasteiger charge is 2.26. The van der Waals surface area contributed by atoms with E-state index in [0.29, 0.717) is 11.8 Å². The van der Waals surface area contributed by atoms with Crippen LogP contribution >= 0.6 is 11.8 Å². The Morgan fingerprint density at radius 2 is 1.81 bits per heavy atom. The fourth-order valence-electron chi connectivity index (χ4n) is 3.36. The number of nitrogens with zero attached hydrogens (tertiary/aromatic N) is 1. The van der Waals surface area contributed by atoms with Crippen LogP contribution in [0.1, 0.15) is 25.7 Å². The van der Waals surface area contributed by atoms with Gasteiger partial charge < -0.3 is 14.4 Å². The molecule has 1 amide bonds. The molecule has 0 unspecified atom stereocenters. The third kappa shape index (κ3) is 5.93. The second-order valence-electron chi connectivity index (χ2n) is 6.65. The van der Waals surface area contributed by atoms with Gasteiger partial charge in [-0.3, -0.25) is 4.79 Å². The third-order valence-corrected chi connectivity index (χ3v) is 5.88. The maximum Gasteiger partial charge on any atom is 0.260 e. The summed E-state index contributed by atoms with van der Waals surface area (Å²) in [4.78, 5) is 16.0. The highest BCUT2D eigenvalue weighted by atomic mass is 32.2. The van der Waals surface area contributed by atoms with Gasteiger partial charge >= 0.3 is 0 Å². The van der Waals surface area contributed by atoms with Crippen LogP contribution in [-0.4, -0.2) is 42.9 Å². The summed E-state index contributed by atoms with van der Waals surface area (Å²) in [7, 11) is 1.63. The maximum absolute atomic E-state index is 12.7. The van der Waals surface area contributed by atoms with Crippen molar-refractivity contribution in [2.75, 3.05) is 26.0 Å². The van der Waals surface area contributed by atoms with Crippen LogP contribution < -0.4 is 9.47 Å². The van der Waals surface area contributed by atoms with E-state index in [1.165, 1.54) is 11.3 Å². The molecule has 5 heteroatoms. The molecule has 0 aromatic heterocycles. The fourth-order valence-corrected chi connectivity index (χ4v) is 4.33. The molecule has 144 valence electrons. The van der Waals surface area contributed by atoms with Gasteiger partial charge in [0.25, 0.3) is 5.91 Å². The Morgan fingerprint density at radius 3 is 2.56 bits per heavy atom. The lowest BCUT2D eigenvalue weighted by molar-refractivity contribution is -0.137. The number of carbonyl (C=O) groups is 1. The molecule has 1 saturated heterocycles. The zero-order valence-corrected chi connectivity index (χ0v) is 16.6. The van der Waals surface area contributed by atoms with Crippen molar-refractivity contribution >= 4 is 17.7 Å². The molecule has 0 bridgehead atoms. The Morgan fingerprint density at radius 1 is 1.07 bits per heavy atom. The number of piperidine rings is 1. The highest BCUT2D eigenvalue weighted by molar-refractivity contribution is 7.99. The Kier molecular flexibility index (Phi) is 7.45. The van der Waals surface area contributed by atoms with Crippen LogP contribution in [0.25, 0.3) is 0 Å². The Hall–Kier alpha value is -2.14. The van der Waals surface area contributed by atoms with Gasteiger partial charge in [0.05, 0.1) is 7.11 Å². The average Bonchev–Trinajstić information content (AvgIpc) is 2.73. The first-order valence-electron chi connectivity index (χ1n) is 9.50. The smallest absolute Gasteiger partial charge is 0.260 e. The predicted molar refractivity (Wildman–Crippen MR) is 110 cm³/mol. The van der Waals surface area contributed by atoms with Gasteiger partial charge in [-0.1, -0.05) is 18.2 Å². The van der Waals surface area contributed by atoms with Gasteiger partial charge in [-0.05, 0) is 67.8 Å². The number of hydrogen-bond donors (Lipinski definition) is 0. The number of methoxy groups -OCH3 is 1. The predicted octanol–water partition coefficient (Wildman–Crippen LogP) is 4.64. The van der Waals surface area contributed by atoms with E-state index in [2.05, 4.69) is 24.3 Å². The fraction of sp³-hybridized carbons (Fsp3) is 0.409. The molecule has 0 saturated carbocycles. The number of amides is 1. The molecule has 0 N–H and O–H groups in total. The standard InChI is InChI=1S/C22H27NO3S/c1-25-19-10-12-20(13-11-19)26-17-22(24)23-15-6-5-7-18(23)14-16-27-21-8-3-2-4-9-21/h2-4,8-13,18H,5-7,14-17H2,1H3/t18-/m1/s1. The van der Waals surface area contributed by atoms with Crippen molar-refractivity contribution < 1.29 is 14.3 Å². The molecule has 1 aliphatic heterocycles. The number of hydrogen-bond acceptors (Lipinski definition) is 4. The maximum atomic E-state index is 12.7. The summed E-state index contributed by atoms with van der Waals surface area (Å²) in [5.74, 6) is 2.58. The van der Waals surface area contributed by atoms with Crippen LogP contribution in [-0.2, 0) is 4.79 Å². The van der Waals surface area contributed by atoms with Crippen molar-refractivity contribution in [2.45, 2.75) is 36.6 Å². The molecule has 0 spiro atoms. The van der Waals surface area contributed by atoms with Gasteiger partial charge in [0.15, 0.2) is 6.61 Å². The lowest BCUT2D eigenvalue weighted by Crippen LogP contribution is -2.46. The first kappa shape index (κ1) is 19.6. The molecular formula is C22H27NO3S. The van der Waals surface area contributed by atoms with E-state index in [1.54, 1.807) is 7.11 Å². The minimum atomic E-state index is 0.0835. The molecule has 1 heterocycles. The average molecular weight is 386 g/mol. The summed E-state index contributed by atoms with van der Waals surface area (Å²) >= 11 is 1.86. The lowest BCUT2D eigenvalue weighted by Gasteiger charge is -2.35. The molecule has 2 aromatic rings. The molecule has 0 aliphatic carbocycles. The Bertz CT molecular complexity index is 705. The van der Waals surface area contributed by atoms with Gasteiger partial charge in [0, 0.05) is 17.5 Å². The number of benzene rings is 2. The summed E-state index contributed by atoms with van der Waals surface area (Å²) in [6.07, 6.45) is 4.39. The quantitative estimate of drug-likeness (QED) is 0.621. The molecule has 27 heavy (non-hydrogen) atoms. The minimum Gasteiger partial charge on any atom is -0.497 e. The summed E-state index contributed by atoms with van der Waals surface area (Å²) in [5, 5.41) is 0. The second kappa shape index (κ2) is 10.3. The first-order chi connectivity index (χ1) is 13.3. The summed E-state index contributed by atoms with van der Waals surface area (Å²) < 4.78 is 10.8. The van der Waals surface area contributed by atoms with Crippen LogP contribution in [0.15, 0.2) is 59.5 Å². The van der Waals surface area contributed by atoms with Crippen molar-refractivity contribution in [3.05, 3.63) is 54.6 Å². The summed E-state index contributed by atoms with van der Waals surface area (Å²) in [5.41, 5.74) is 0. The van der Waals surface area contributed by atoms with Crippen LogP contribution in [0.2, 0.25) is 0 Å². The van der Waals surface area contributed by atoms with E-state index in [1.807, 2.05) is 47.0 Å². The molecule has 3 rings (SSSR count). The summed E-state index contributed by atoms with van der Waals surface area (Å²) in [6, 6.07) is 18.1. The van der Waals surface area contributed by atoms with Crippen LogP contribution in [0.5, 0.6) is 11.5 Å². The van der Waals surface area contributed by atoms with Crippen LogP contribution in [0.3, 0.4) is 0 Å². The number of carbonyl (C=O) groups excluding carboxylic acids is 1. The van der Waals surface area contributed by atoms with Gasteiger partial charge in [-0.2, -0.15) is 0 Å². The van der Waals surface area contributed by atoms with Gasteiger partial charge in [0.2, 0.25) is 0 Å². The molecule has 4 nitrogen and oxygen atoms in total. The van der Waals surface area contributed by atoms with E-state index in [9.17, 15) is 4.79 Å². The molecule has 1 atom stereocenters. The van der Waals surface area contributed by atoms with E-state index in [-0.39, 0.29) is 12.5 Å². The van der Waals surface area contributed by atoms with E-state index in [0.717, 1.165) is 37.3 Å². The second-order valence-corrected chi connectivity index (χ2v) is 7.82. The molecule has 2 aromatic carbocycles. The van der Waals surface area contributed by atoms with Crippen LogP contribution in [0, 0.1) is 0 Å². The molecular weight excluding hydrogens is 358 g/mol. The Balaban J connectivity index is 1.48. The number of ether oxygens (including phenoxy) is 2. The number of thioether (sulfide) groups is 1. The molecule has 1 fully saturated rings. The van der Waals surface area contributed by atoms with Crippen molar-refractivity contribution in [1.29, 1.82) is 0 Å². The first-order valence-corrected chi connectivity index (χ1v) is 10.5. The Labute approximate surface area is 165 Å².